The highest BCUT2D eigenvalue weighted by Gasteiger charge is 2.54. The summed E-state index contributed by atoms with van der Waals surface area (Å²) in [4.78, 5) is 25.2. The Kier molecular flexibility index (Phi) is 4.80. The fraction of sp³-hybridized carbons (Fsp3) is 0.500. The Hall–Kier alpha value is -1.98. The molecule has 1 aliphatic heterocycles. The van der Waals surface area contributed by atoms with Crippen molar-refractivity contribution >= 4 is 11.8 Å². The molecular weight excluding hydrogens is 320 g/mol. The summed E-state index contributed by atoms with van der Waals surface area (Å²) in [6.45, 7) is 9.33. The van der Waals surface area contributed by atoms with Crippen LogP contribution in [0.3, 0.4) is 0 Å². The highest BCUT2D eigenvalue weighted by molar-refractivity contribution is 6.00. The molecule has 5 nitrogen and oxygen atoms in total. The van der Waals surface area contributed by atoms with Gasteiger partial charge in [-0.1, -0.05) is 36.5 Å². The van der Waals surface area contributed by atoms with E-state index in [4.69, 9.17) is 9.84 Å². The van der Waals surface area contributed by atoms with Gasteiger partial charge in [-0.2, -0.15) is 0 Å². The highest BCUT2D eigenvalue weighted by Crippen LogP contribution is 2.52. The van der Waals surface area contributed by atoms with Gasteiger partial charge in [0.1, 0.15) is 6.10 Å². The molecule has 5 atom stereocenters. The minimum atomic E-state index is -0.556. The van der Waals surface area contributed by atoms with Gasteiger partial charge in [0.15, 0.2) is 5.78 Å². The lowest BCUT2D eigenvalue weighted by Gasteiger charge is -2.28. The molecule has 0 aromatic rings. The lowest BCUT2D eigenvalue weighted by Crippen LogP contribution is -2.35. The van der Waals surface area contributed by atoms with E-state index in [1.54, 1.807) is 0 Å². The number of aliphatic hydroxyl groups is 2. The predicted molar refractivity (Wildman–Crippen MR) is 92.4 cm³/mol. The molecular formula is C20H24O5. The summed E-state index contributed by atoms with van der Waals surface area (Å²) in [7, 11) is 0. The van der Waals surface area contributed by atoms with E-state index >= 15 is 0 Å². The van der Waals surface area contributed by atoms with Crippen LogP contribution >= 0.6 is 0 Å². The monoisotopic (exact) mass is 344 g/mol. The number of ether oxygens (including phenoxy) is 1. The van der Waals surface area contributed by atoms with E-state index in [9.17, 15) is 14.7 Å². The Bertz CT molecular complexity index is 699. The number of hydrogen-bond acceptors (Lipinski definition) is 5. The summed E-state index contributed by atoms with van der Waals surface area (Å²) in [5.41, 5.74) is 2.60. The molecule has 2 aliphatic carbocycles. The van der Waals surface area contributed by atoms with E-state index in [1.165, 1.54) is 6.08 Å². The van der Waals surface area contributed by atoms with E-state index in [0.29, 0.717) is 12.0 Å². The number of hydrogen-bond donors (Lipinski definition) is 2. The quantitative estimate of drug-likeness (QED) is 0.461. The normalized spacial score (nSPS) is 35.0. The van der Waals surface area contributed by atoms with E-state index in [2.05, 4.69) is 19.2 Å². The molecule has 25 heavy (non-hydrogen) atoms. The number of fused-ring (bicyclic) bond motifs is 3. The summed E-state index contributed by atoms with van der Waals surface area (Å²) in [6.07, 6.45) is 4.31. The second-order valence-corrected chi connectivity index (χ2v) is 7.14. The first-order valence-corrected chi connectivity index (χ1v) is 8.59. The molecule has 0 bridgehead atoms. The molecule has 2 N–H and O–H groups in total. The Balaban J connectivity index is 2.04. The molecule has 0 aromatic carbocycles. The van der Waals surface area contributed by atoms with Gasteiger partial charge in [-0.3, -0.25) is 4.79 Å². The smallest absolute Gasteiger partial charge is 0.334 e. The summed E-state index contributed by atoms with van der Waals surface area (Å²) in [5, 5.41) is 18.6. The van der Waals surface area contributed by atoms with Crippen molar-refractivity contribution < 1.29 is 24.5 Å². The summed E-state index contributed by atoms with van der Waals surface area (Å²) >= 11 is 0. The molecule has 0 radical (unpaired) electrons. The number of rotatable bonds is 4. The topological polar surface area (TPSA) is 83.8 Å². The van der Waals surface area contributed by atoms with Gasteiger partial charge >= 0.3 is 5.97 Å². The maximum atomic E-state index is 13.0. The van der Waals surface area contributed by atoms with Gasteiger partial charge in [-0.25, -0.2) is 4.79 Å². The van der Waals surface area contributed by atoms with Gasteiger partial charge in [-0.15, -0.1) is 0 Å². The Morgan fingerprint density at radius 3 is 2.72 bits per heavy atom. The first kappa shape index (κ1) is 17.8. The van der Waals surface area contributed by atoms with E-state index < -0.39 is 30.5 Å². The molecule has 3 aliphatic rings. The third-order valence-electron chi connectivity index (χ3n) is 5.87. The molecule has 0 aromatic heterocycles. The number of aliphatic hydroxyl groups excluding tert-OH is 2. The third kappa shape index (κ3) is 2.81. The van der Waals surface area contributed by atoms with Gasteiger partial charge in [0.25, 0.3) is 0 Å². The predicted octanol–water partition coefficient (Wildman–Crippen LogP) is 1.72. The van der Waals surface area contributed by atoms with Gasteiger partial charge < -0.3 is 14.9 Å². The van der Waals surface area contributed by atoms with E-state index in [1.807, 2.05) is 6.92 Å². The SMILES string of the molecule is C=C1C(=O)O[C@@H]2[C@H]3C(C)=CC[C@H]3C(=C)C[C@@H](C(=O)/C(=C/CO)CO)[C@@H]12. The van der Waals surface area contributed by atoms with Crippen LogP contribution in [0.5, 0.6) is 0 Å². The maximum Gasteiger partial charge on any atom is 0.334 e. The van der Waals surface area contributed by atoms with Crippen molar-refractivity contribution in [2.24, 2.45) is 23.7 Å². The number of esters is 1. The minimum Gasteiger partial charge on any atom is -0.458 e. The Morgan fingerprint density at radius 1 is 1.36 bits per heavy atom. The van der Waals surface area contributed by atoms with Crippen LogP contribution in [0.2, 0.25) is 0 Å². The molecule has 3 rings (SSSR count). The van der Waals surface area contributed by atoms with Crippen LogP contribution in [0, 0.1) is 23.7 Å². The lowest BCUT2D eigenvalue weighted by molar-refractivity contribution is -0.141. The zero-order valence-electron chi connectivity index (χ0n) is 14.4. The average Bonchev–Trinajstić information content (AvgIpc) is 3.06. The summed E-state index contributed by atoms with van der Waals surface area (Å²) in [6, 6.07) is 0. The maximum absolute atomic E-state index is 13.0. The first-order valence-electron chi connectivity index (χ1n) is 8.59. The molecule has 5 heteroatoms. The molecule has 0 amide bonds. The lowest BCUT2D eigenvalue weighted by atomic mass is 9.75. The standard InChI is InChI=1S/C20H24O5/c1-10-4-5-14-11(2)8-15(18(23)13(9-22)6-7-21)17-12(3)20(24)25-19(17)16(10)14/h4,6,14-17,19,21-22H,2-3,5,7-9H2,1H3/b13-6+/t14-,15+,16-,17+,19+/m0/s1. The minimum absolute atomic E-state index is 0.0258. The van der Waals surface area contributed by atoms with Crippen molar-refractivity contribution in [3.05, 3.63) is 47.6 Å². The zero-order valence-corrected chi connectivity index (χ0v) is 14.4. The fourth-order valence-corrected chi connectivity index (χ4v) is 4.60. The average molecular weight is 344 g/mol. The van der Waals surface area contributed by atoms with Crippen LogP contribution in [0.25, 0.3) is 0 Å². The van der Waals surface area contributed by atoms with Crippen molar-refractivity contribution in [1.29, 1.82) is 0 Å². The van der Waals surface area contributed by atoms with Crippen LogP contribution in [-0.4, -0.2) is 41.3 Å². The van der Waals surface area contributed by atoms with Crippen LogP contribution in [0.1, 0.15) is 19.8 Å². The summed E-state index contributed by atoms with van der Waals surface area (Å²) < 4.78 is 5.64. The number of carbonyl (C=O) groups excluding carboxylic acids is 2. The number of allylic oxidation sites excluding steroid dienone is 2. The van der Waals surface area contributed by atoms with Crippen molar-refractivity contribution in [2.75, 3.05) is 13.2 Å². The number of Topliss-reactive ketones (excluding diaryl/α,β-unsaturated/α-hetero) is 1. The number of carbonyl (C=O) groups is 2. The molecule has 134 valence electrons. The third-order valence-corrected chi connectivity index (χ3v) is 5.87. The van der Waals surface area contributed by atoms with Gasteiger partial charge in [0.2, 0.25) is 0 Å². The van der Waals surface area contributed by atoms with Crippen LogP contribution in [0.4, 0.5) is 0 Å². The van der Waals surface area contributed by atoms with Crippen molar-refractivity contribution in [3.8, 4) is 0 Å². The fourth-order valence-electron chi connectivity index (χ4n) is 4.60. The molecule has 1 heterocycles. The van der Waals surface area contributed by atoms with Gasteiger partial charge in [-0.05, 0) is 25.7 Å². The van der Waals surface area contributed by atoms with Crippen LogP contribution in [-0.2, 0) is 14.3 Å². The second kappa shape index (κ2) is 6.73. The molecule has 1 saturated heterocycles. The Labute approximate surface area is 147 Å². The number of ketones is 1. The zero-order chi connectivity index (χ0) is 18.3. The Morgan fingerprint density at radius 2 is 2.08 bits per heavy atom. The molecule has 0 unspecified atom stereocenters. The summed E-state index contributed by atoms with van der Waals surface area (Å²) in [5.74, 6) is -1.52. The van der Waals surface area contributed by atoms with Crippen molar-refractivity contribution in [1.82, 2.24) is 0 Å². The van der Waals surface area contributed by atoms with Crippen molar-refractivity contribution in [2.45, 2.75) is 25.9 Å². The molecule has 0 spiro atoms. The first-order chi connectivity index (χ1) is 11.9. The molecule has 2 fully saturated rings. The molecule has 1 saturated carbocycles. The second-order valence-electron chi connectivity index (χ2n) is 7.14. The van der Waals surface area contributed by atoms with Crippen LogP contribution in [0.15, 0.2) is 47.6 Å². The van der Waals surface area contributed by atoms with Gasteiger partial charge in [0, 0.05) is 28.9 Å². The van der Waals surface area contributed by atoms with E-state index in [0.717, 1.165) is 17.6 Å². The van der Waals surface area contributed by atoms with Crippen LogP contribution < -0.4 is 0 Å². The van der Waals surface area contributed by atoms with E-state index in [-0.39, 0.29) is 29.8 Å². The largest absolute Gasteiger partial charge is 0.458 e. The highest BCUT2D eigenvalue weighted by atomic mass is 16.6. The van der Waals surface area contributed by atoms with Crippen molar-refractivity contribution in [3.63, 3.8) is 0 Å². The van der Waals surface area contributed by atoms with Gasteiger partial charge in [0.05, 0.1) is 13.2 Å².